The van der Waals surface area contributed by atoms with Crippen LogP contribution in [0.1, 0.15) is 52.4 Å². The van der Waals surface area contributed by atoms with Crippen LogP contribution in [0.5, 0.6) is 0 Å². The SMILES string of the molecule is C[C@]12CC[C@H]3[C@@H](C=CC4=CC(=O)CC[C@@]43C)[C@@H]1CC[C@@H]2C(N)=O. The van der Waals surface area contributed by atoms with E-state index in [1.54, 1.807) is 0 Å². The van der Waals surface area contributed by atoms with Crippen molar-refractivity contribution in [2.75, 3.05) is 0 Å². The quantitative estimate of drug-likeness (QED) is 0.806. The van der Waals surface area contributed by atoms with Gasteiger partial charge >= 0.3 is 0 Å². The number of fused-ring (bicyclic) bond motifs is 5. The van der Waals surface area contributed by atoms with E-state index in [-0.39, 0.29) is 28.4 Å². The zero-order valence-corrected chi connectivity index (χ0v) is 14.2. The molecule has 3 nitrogen and oxygen atoms in total. The molecule has 23 heavy (non-hydrogen) atoms. The molecule has 0 aromatic carbocycles. The number of rotatable bonds is 1. The van der Waals surface area contributed by atoms with Gasteiger partial charge in [-0.2, -0.15) is 0 Å². The maximum Gasteiger partial charge on any atom is 0.221 e. The van der Waals surface area contributed by atoms with Crippen molar-refractivity contribution in [1.82, 2.24) is 0 Å². The third-order valence-corrected chi connectivity index (χ3v) is 7.86. The van der Waals surface area contributed by atoms with E-state index < -0.39 is 0 Å². The van der Waals surface area contributed by atoms with Crippen molar-refractivity contribution in [3.8, 4) is 0 Å². The molecule has 0 bridgehead atoms. The van der Waals surface area contributed by atoms with Crippen LogP contribution in [0.15, 0.2) is 23.8 Å². The summed E-state index contributed by atoms with van der Waals surface area (Å²) < 4.78 is 0. The first-order valence-electron chi connectivity index (χ1n) is 9.09. The summed E-state index contributed by atoms with van der Waals surface area (Å²) in [6, 6.07) is 0. The van der Waals surface area contributed by atoms with Gasteiger partial charge in [0.1, 0.15) is 0 Å². The fourth-order valence-corrected chi connectivity index (χ4v) is 6.46. The first-order chi connectivity index (χ1) is 10.9. The number of ketones is 1. The van der Waals surface area contributed by atoms with Crippen molar-refractivity contribution in [1.29, 1.82) is 0 Å². The highest BCUT2D eigenvalue weighted by molar-refractivity contribution is 5.92. The second-order valence-electron chi connectivity index (χ2n) is 8.71. The number of hydrogen-bond acceptors (Lipinski definition) is 2. The monoisotopic (exact) mass is 313 g/mol. The molecule has 2 fully saturated rings. The van der Waals surface area contributed by atoms with Crippen LogP contribution in [0.25, 0.3) is 0 Å². The molecule has 4 rings (SSSR count). The Bertz CT molecular complexity index is 634. The molecule has 124 valence electrons. The lowest BCUT2D eigenvalue weighted by Crippen LogP contribution is -2.50. The van der Waals surface area contributed by atoms with Crippen molar-refractivity contribution >= 4 is 11.7 Å². The second kappa shape index (κ2) is 4.81. The average Bonchev–Trinajstić information content (AvgIpc) is 2.85. The molecule has 0 spiro atoms. The average molecular weight is 313 g/mol. The molecular formula is C20H27NO2. The Labute approximate surface area is 138 Å². The summed E-state index contributed by atoms with van der Waals surface area (Å²) in [5.41, 5.74) is 7.15. The van der Waals surface area contributed by atoms with E-state index in [9.17, 15) is 9.59 Å². The fraction of sp³-hybridized carbons (Fsp3) is 0.700. The summed E-state index contributed by atoms with van der Waals surface area (Å²) in [5, 5.41) is 0. The normalized spacial score (nSPS) is 48.3. The summed E-state index contributed by atoms with van der Waals surface area (Å²) in [6.45, 7) is 4.65. The first-order valence-corrected chi connectivity index (χ1v) is 9.09. The second-order valence-corrected chi connectivity index (χ2v) is 8.71. The van der Waals surface area contributed by atoms with Crippen LogP contribution in [0.3, 0.4) is 0 Å². The number of carbonyl (C=O) groups is 2. The third-order valence-electron chi connectivity index (χ3n) is 7.86. The summed E-state index contributed by atoms with van der Waals surface area (Å²) in [4.78, 5) is 23.7. The Hall–Kier alpha value is -1.38. The molecular weight excluding hydrogens is 286 g/mol. The molecule has 1 amide bonds. The summed E-state index contributed by atoms with van der Waals surface area (Å²) >= 11 is 0. The van der Waals surface area contributed by atoms with Gasteiger partial charge in [0.05, 0.1) is 0 Å². The maximum absolute atomic E-state index is 11.9. The minimum atomic E-state index is -0.108. The van der Waals surface area contributed by atoms with E-state index in [1.165, 1.54) is 5.57 Å². The lowest BCUT2D eigenvalue weighted by Gasteiger charge is -2.55. The van der Waals surface area contributed by atoms with Crippen LogP contribution in [-0.2, 0) is 9.59 Å². The highest BCUT2D eigenvalue weighted by Crippen LogP contribution is 2.64. The highest BCUT2D eigenvalue weighted by atomic mass is 16.1. The molecule has 0 radical (unpaired) electrons. The van der Waals surface area contributed by atoms with Gasteiger partial charge in [-0.1, -0.05) is 26.0 Å². The topological polar surface area (TPSA) is 60.2 Å². The van der Waals surface area contributed by atoms with Crippen LogP contribution in [-0.4, -0.2) is 11.7 Å². The fourth-order valence-electron chi connectivity index (χ4n) is 6.46. The van der Waals surface area contributed by atoms with Gasteiger partial charge < -0.3 is 5.73 Å². The maximum atomic E-state index is 11.9. The lowest BCUT2D eigenvalue weighted by atomic mass is 9.48. The van der Waals surface area contributed by atoms with Crippen LogP contribution in [0.2, 0.25) is 0 Å². The molecule has 6 atom stereocenters. The Morgan fingerprint density at radius 1 is 1.17 bits per heavy atom. The van der Waals surface area contributed by atoms with E-state index in [0.29, 0.717) is 24.2 Å². The van der Waals surface area contributed by atoms with Crippen LogP contribution in [0.4, 0.5) is 0 Å². The Morgan fingerprint density at radius 3 is 2.70 bits per heavy atom. The van der Waals surface area contributed by atoms with E-state index in [2.05, 4.69) is 26.0 Å². The smallest absolute Gasteiger partial charge is 0.221 e. The zero-order chi connectivity index (χ0) is 16.4. The number of primary amides is 1. The van der Waals surface area contributed by atoms with Crippen LogP contribution >= 0.6 is 0 Å². The van der Waals surface area contributed by atoms with E-state index in [0.717, 1.165) is 32.1 Å². The van der Waals surface area contributed by atoms with E-state index in [4.69, 9.17) is 5.73 Å². The molecule has 0 heterocycles. The van der Waals surface area contributed by atoms with Gasteiger partial charge in [-0.15, -0.1) is 0 Å². The summed E-state index contributed by atoms with van der Waals surface area (Å²) in [6.07, 6.45) is 12.4. The number of nitrogens with two attached hydrogens (primary N) is 1. The van der Waals surface area contributed by atoms with Gasteiger partial charge in [0.2, 0.25) is 5.91 Å². The number of carbonyl (C=O) groups excluding carboxylic acids is 2. The molecule has 0 aromatic heterocycles. The van der Waals surface area contributed by atoms with Gasteiger partial charge in [-0.3, -0.25) is 9.59 Å². The van der Waals surface area contributed by atoms with Crippen molar-refractivity contribution in [3.05, 3.63) is 23.8 Å². The standard InChI is InChI=1S/C20H27NO2/c1-19-9-7-13(22)11-12(19)3-4-14-15-5-6-17(18(21)23)20(15,2)10-8-16(14)19/h3-4,11,14-17H,5-10H2,1-2H3,(H2,21,23)/t14-,15-,16-,17+,19-,20-/m0/s1. The minimum absolute atomic E-state index is 0.0412. The molecule has 3 heteroatoms. The predicted molar refractivity (Wildman–Crippen MR) is 89.3 cm³/mol. The largest absolute Gasteiger partial charge is 0.369 e. The minimum Gasteiger partial charge on any atom is -0.369 e. The molecule has 4 aliphatic rings. The van der Waals surface area contributed by atoms with Gasteiger partial charge in [0.15, 0.2) is 5.78 Å². The van der Waals surface area contributed by atoms with Gasteiger partial charge in [0, 0.05) is 12.3 Å². The third kappa shape index (κ3) is 1.95. The predicted octanol–water partition coefficient (Wildman–Crippen LogP) is 3.40. The molecule has 4 aliphatic carbocycles. The van der Waals surface area contributed by atoms with Crippen LogP contribution in [0, 0.1) is 34.5 Å². The Balaban J connectivity index is 1.72. The van der Waals surface area contributed by atoms with E-state index in [1.807, 2.05) is 6.08 Å². The molecule has 2 N–H and O–H groups in total. The van der Waals surface area contributed by atoms with Crippen molar-refractivity contribution in [3.63, 3.8) is 0 Å². The van der Waals surface area contributed by atoms with Gasteiger partial charge in [-0.25, -0.2) is 0 Å². The van der Waals surface area contributed by atoms with Gasteiger partial charge in [0.25, 0.3) is 0 Å². The zero-order valence-electron chi connectivity index (χ0n) is 14.2. The molecule has 2 saturated carbocycles. The first kappa shape index (κ1) is 15.2. The molecule has 0 unspecified atom stereocenters. The number of amides is 1. The number of allylic oxidation sites excluding steroid dienone is 4. The molecule has 0 aromatic rings. The molecule has 0 aliphatic heterocycles. The van der Waals surface area contributed by atoms with E-state index >= 15 is 0 Å². The summed E-state index contributed by atoms with van der Waals surface area (Å²) in [5.74, 6) is 1.91. The number of hydrogen-bond donors (Lipinski definition) is 1. The molecule has 0 saturated heterocycles. The van der Waals surface area contributed by atoms with Crippen molar-refractivity contribution in [2.24, 2.45) is 40.2 Å². The van der Waals surface area contributed by atoms with Crippen LogP contribution < -0.4 is 5.73 Å². The van der Waals surface area contributed by atoms with Crippen molar-refractivity contribution < 1.29 is 9.59 Å². The lowest BCUT2D eigenvalue weighted by molar-refractivity contribution is -0.128. The van der Waals surface area contributed by atoms with Gasteiger partial charge in [-0.05, 0) is 72.3 Å². The van der Waals surface area contributed by atoms with Crippen molar-refractivity contribution in [2.45, 2.75) is 52.4 Å². The summed E-state index contributed by atoms with van der Waals surface area (Å²) in [7, 11) is 0. The highest BCUT2D eigenvalue weighted by Gasteiger charge is 2.58. The Morgan fingerprint density at radius 2 is 1.96 bits per heavy atom. The Kier molecular flexibility index (Phi) is 3.17.